The highest BCUT2D eigenvalue weighted by Crippen LogP contribution is 2.26. The maximum absolute atomic E-state index is 13.6. The molecule has 1 amide bonds. The number of nitrogens with zero attached hydrogens (tertiary/aromatic N) is 3. The molecule has 5 heteroatoms. The third kappa shape index (κ3) is 4.72. The number of halogens is 1. The van der Waals surface area contributed by atoms with Gasteiger partial charge in [-0.2, -0.15) is 5.10 Å². The molecule has 0 radical (unpaired) electrons. The van der Waals surface area contributed by atoms with Crippen LogP contribution in [0.5, 0.6) is 0 Å². The minimum Gasteiger partial charge on any atom is -0.337 e. The lowest BCUT2D eigenvalue weighted by atomic mass is 9.90. The van der Waals surface area contributed by atoms with Gasteiger partial charge in [0.05, 0.1) is 11.4 Å². The lowest BCUT2D eigenvalue weighted by Crippen LogP contribution is -2.39. The van der Waals surface area contributed by atoms with E-state index in [9.17, 15) is 9.18 Å². The number of hydrogen-bond acceptors (Lipinski definition) is 2. The summed E-state index contributed by atoms with van der Waals surface area (Å²) in [6.07, 6.45) is 3.02. The fourth-order valence-corrected chi connectivity index (χ4v) is 4.51. The molecule has 0 aliphatic carbocycles. The number of amides is 1. The van der Waals surface area contributed by atoms with Gasteiger partial charge in [0, 0.05) is 18.7 Å². The zero-order valence-corrected chi connectivity index (χ0v) is 18.4. The van der Waals surface area contributed by atoms with Crippen molar-refractivity contribution in [1.29, 1.82) is 0 Å². The third-order valence-electron chi connectivity index (χ3n) is 6.34. The summed E-state index contributed by atoms with van der Waals surface area (Å²) in [5.74, 6) is 0.230. The first kappa shape index (κ1) is 21.1. The van der Waals surface area contributed by atoms with Gasteiger partial charge in [-0.15, -0.1) is 0 Å². The Morgan fingerprint density at radius 1 is 0.879 bits per heavy atom. The standard InChI is InChI=1S/C28H26FN3O/c29-24-11-13-25(14-12-24)32-27(20-26(30-32)23-9-5-2-6-10-23)28(33)31-17-15-22(16-18-31)19-21-7-3-1-4-8-21/h1-14,20,22H,15-19H2. The van der Waals surface area contributed by atoms with Crippen molar-refractivity contribution in [1.82, 2.24) is 14.7 Å². The molecule has 0 saturated carbocycles. The Kier molecular flexibility index (Phi) is 6.03. The molecule has 4 aromatic rings. The van der Waals surface area contributed by atoms with E-state index in [2.05, 4.69) is 24.3 Å². The summed E-state index contributed by atoms with van der Waals surface area (Å²) in [4.78, 5) is 15.5. The van der Waals surface area contributed by atoms with E-state index in [-0.39, 0.29) is 11.7 Å². The van der Waals surface area contributed by atoms with Gasteiger partial charge in [0.1, 0.15) is 11.5 Å². The Bertz CT molecular complexity index is 1210. The topological polar surface area (TPSA) is 38.1 Å². The van der Waals surface area contributed by atoms with E-state index in [4.69, 9.17) is 5.10 Å². The van der Waals surface area contributed by atoms with E-state index in [0.717, 1.165) is 43.6 Å². The van der Waals surface area contributed by atoms with Crippen LogP contribution in [0.3, 0.4) is 0 Å². The van der Waals surface area contributed by atoms with Gasteiger partial charge in [0.15, 0.2) is 0 Å². The summed E-state index contributed by atoms with van der Waals surface area (Å²) >= 11 is 0. The number of benzene rings is 3. The second-order valence-corrected chi connectivity index (χ2v) is 8.59. The quantitative estimate of drug-likeness (QED) is 0.396. The van der Waals surface area contributed by atoms with Crippen molar-refractivity contribution in [2.75, 3.05) is 13.1 Å². The average molecular weight is 440 g/mol. The fourth-order valence-electron chi connectivity index (χ4n) is 4.51. The highest BCUT2D eigenvalue weighted by atomic mass is 19.1. The Labute approximate surface area is 193 Å². The molecule has 1 fully saturated rings. The Morgan fingerprint density at radius 3 is 2.18 bits per heavy atom. The summed E-state index contributed by atoms with van der Waals surface area (Å²) < 4.78 is 15.1. The molecule has 1 aromatic heterocycles. The molecule has 0 bridgehead atoms. The first-order valence-corrected chi connectivity index (χ1v) is 11.4. The van der Waals surface area contributed by atoms with Crippen LogP contribution in [0.15, 0.2) is 91.0 Å². The number of aromatic nitrogens is 2. The molecule has 3 aromatic carbocycles. The third-order valence-corrected chi connectivity index (χ3v) is 6.34. The van der Waals surface area contributed by atoms with Crippen molar-refractivity contribution in [3.05, 3.63) is 108 Å². The second kappa shape index (κ2) is 9.41. The van der Waals surface area contributed by atoms with Crippen LogP contribution in [0.2, 0.25) is 0 Å². The molecule has 1 saturated heterocycles. The molecular weight excluding hydrogens is 413 g/mol. The van der Waals surface area contributed by atoms with Gasteiger partial charge in [-0.25, -0.2) is 9.07 Å². The van der Waals surface area contributed by atoms with Gasteiger partial charge in [0.2, 0.25) is 0 Å². The van der Waals surface area contributed by atoms with Crippen LogP contribution < -0.4 is 0 Å². The number of rotatable bonds is 5. The molecule has 2 heterocycles. The smallest absolute Gasteiger partial charge is 0.272 e. The van der Waals surface area contributed by atoms with Gasteiger partial charge in [-0.05, 0) is 61.1 Å². The first-order chi connectivity index (χ1) is 16.2. The molecule has 166 valence electrons. The van der Waals surface area contributed by atoms with Gasteiger partial charge in [-0.3, -0.25) is 4.79 Å². The molecular formula is C28H26FN3O. The maximum Gasteiger partial charge on any atom is 0.272 e. The van der Waals surface area contributed by atoms with Crippen LogP contribution >= 0.6 is 0 Å². The second-order valence-electron chi connectivity index (χ2n) is 8.59. The highest BCUT2D eigenvalue weighted by molar-refractivity contribution is 5.94. The Morgan fingerprint density at radius 2 is 1.52 bits per heavy atom. The number of likely N-dealkylation sites (tertiary alicyclic amines) is 1. The van der Waals surface area contributed by atoms with Gasteiger partial charge >= 0.3 is 0 Å². The summed E-state index contributed by atoms with van der Waals surface area (Å²) in [5, 5.41) is 4.71. The van der Waals surface area contributed by atoms with E-state index in [0.29, 0.717) is 17.3 Å². The minimum absolute atomic E-state index is 0.0350. The van der Waals surface area contributed by atoms with Crippen LogP contribution in [-0.2, 0) is 6.42 Å². The van der Waals surface area contributed by atoms with Crippen LogP contribution in [-0.4, -0.2) is 33.7 Å². The van der Waals surface area contributed by atoms with E-state index >= 15 is 0 Å². The first-order valence-electron chi connectivity index (χ1n) is 11.4. The molecule has 4 nitrogen and oxygen atoms in total. The predicted molar refractivity (Wildman–Crippen MR) is 128 cm³/mol. The van der Waals surface area contributed by atoms with Crippen molar-refractivity contribution < 1.29 is 9.18 Å². The van der Waals surface area contributed by atoms with Gasteiger partial charge in [0.25, 0.3) is 5.91 Å². The lowest BCUT2D eigenvalue weighted by molar-refractivity contribution is 0.0681. The van der Waals surface area contributed by atoms with Crippen molar-refractivity contribution in [2.24, 2.45) is 5.92 Å². The molecule has 0 atom stereocenters. The van der Waals surface area contributed by atoms with E-state index < -0.39 is 0 Å². The van der Waals surface area contributed by atoms with Crippen molar-refractivity contribution in [3.63, 3.8) is 0 Å². The number of hydrogen-bond donors (Lipinski definition) is 0. The summed E-state index contributed by atoms with van der Waals surface area (Å²) in [6, 6.07) is 28.3. The SMILES string of the molecule is O=C(c1cc(-c2ccccc2)nn1-c1ccc(F)cc1)N1CCC(Cc2ccccc2)CC1. The predicted octanol–water partition coefficient (Wildman–Crippen LogP) is 5.77. The van der Waals surface area contributed by atoms with E-state index in [1.165, 1.54) is 17.7 Å². The van der Waals surface area contributed by atoms with Crippen LogP contribution in [0.25, 0.3) is 16.9 Å². The van der Waals surface area contributed by atoms with Crippen molar-refractivity contribution in [2.45, 2.75) is 19.3 Å². The molecule has 1 aliphatic rings. The van der Waals surface area contributed by atoms with E-state index in [1.54, 1.807) is 16.8 Å². The molecule has 0 N–H and O–H groups in total. The maximum atomic E-state index is 13.6. The van der Waals surface area contributed by atoms with Crippen molar-refractivity contribution >= 4 is 5.91 Å². The average Bonchev–Trinajstić information content (AvgIpc) is 3.31. The molecule has 5 rings (SSSR count). The number of carbonyl (C=O) groups is 1. The minimum atomic E-state index is -0.317. The number of carbonyl (C=O) groups excluding carboxylic acids is 1. The van der Waals surface area contributed by atoms with E-state index in [1.807, 2.05) is 47.4 Å². The van der Waals surface area contributed by atoms with Crippen LogP contribution in [0.1, 0.15) is 28.9 Å². The Hall–Kier alpha value is -3.73. The molecule has 0 spiro atoms. The van der Waals surface area contributed by atoms with Crippen LogP contribution in [0.4, 0.5) is 4.39 Å². The Balaban J connectivity index is 1.38. The molecule has 1 aliphatic heterocycles. The molecule has 33 heavy (non-hydrogen) atoms. The monoisotopic (exact) mass is 439 g/mol. The summed E-state index contributed by atoms with van der Waals surface area (Å²) in [7, 11) is 0. The zero-order chi connectivity index (χ0) is 22.6. The van der Waals surface area contributed by atoms with Gasteiger partial charge < -0.3 is 4.90 Å². The van der Waals surface area contributed by atoms with Crippen molar-refractivity contribution in [3.8, 4) is 16.9 Å². The lowest BCUT2D eigenvalue weighted by Gasteiger charge is -2.32. The number of piperidine rings is 1. The normalized spacial score (nSPS) is 14.4. The highest BCUT2D eigenvalue weighted by Gasteiger charge is 2.27. The van der Waals surface area contributed by atoms with Crippen LogP contribution in [0, 0.1) is 11.7 Å². The summed E-state index contributed by atoms with van der Waals surface area (Å²) in [5.41, 5.74) is 4.18. The summed E-state index contributed by atoms with van der Waals surface area (Å²) in [6.45, 7) is 1.46. The zero-order valence-electron chi connectivity index (χ0n) is 18.4. The molecule has 0 unspecified atom stereocenters. The van der Waals surface area contributed by atoms with Gasteiger partial charge in [-0.1, -0.05) is 60.7 Å². The largest absolute Gasteiger partial charge is 0.337 e. The fraction of sp³-hybridized carbons (Fsp3) is 0.214.